The summed E-state index contributed by atoms with van der Waals surface area (Å²) in [4.78, 5) is 28.7. The maximum Gasteiger partial charge on any atom is 0.227 e. The highest BCUT2D eigenvalue weighted by atomic mass is 19.1. The van der Waals surface area contributed by atoms with E-state index in [-0.39, 0.29) is 23.5 Å². The molecule has 0 unspecified atom stereocenters. The molecule has 0 aromatic heterocycles. The Balaban J connectivity index is 1.48. The lowest BCUT2D eigenvalue weighted by molar-refractivity contribution is -0.142. The van der Waals surface area contributed by atoms with Gasteiger partial charge in [-0.1, -0.05) is 12.1 Å². The minimum absolute atomic E-state index is 0.0883. The molecule has 2 fully saturated rings. The molecule has 1 aromatic rings. The second-order valence-corrected chi connectivity index (χ2v) is 8.06. The monoisotopic (exact) mass is 390 g/mol. The molecule has 5 nitrogen and oxygen atoms in total. The zero-order valence-corrected chi connectivity index (χ0v) is 16.7. The smallest absolute Gasteiger partial charge is 0.227 e. The summed E-state index contributed by atoms with van der Waals surface area (Å²) >= 11 is 0. The van der Waals surface area contributed by atoms with Crippen LogP contribution < -0.4 is 0 Å². The summed E-state index contributed by atoms with van der Waals surface area (Å²) in [6, 6.07) is 6.47. The van der Waals surface area contributed by atoms with Gasteiger partial charge < -0.3 is 14.5 Å². The molecular formula is C22H31FN2O3. The number of halogens is 1. The number of hydrogen-bond donors (Lipinski definition) is 0. The lowest BCUT2D eigenvalue weighted by Gasteiger charge is -2.34. The van der Waals surface area contributed by atoms with Crippen LogP contribution in [-0.2, 0) is 20.7 Å². The average molecular weight is 390 g/mol. The molecule has 0 bridgehead atoms. The third-order valence-electron chi connectivity index (χ3n) is 6.00. The van der Waals surface area contributed by atoms with Gasteiger partial charge in [-0.2, -0.15) is 0 Å². The summed E-state index contributed by atoms with van der Waals surface area (Å²) < 4.78 is 18.7. The van der Waals surface area contributed by atoms with Crippen LogP contribution in [0.25, 0.3) is 0 Å². The third-order valence-corrected chi connectivity index (χ3v) is 6.00. The van der Waals surface area contributed by atoms with E-state index in [1.807, 2.05) is 18.0 Å². The summed E-state index contributed by atoms with van der Waals surface area (Å²) in [6.45, 7) is 3.41. The summed E-state index contributed by atoms with van der Waals surface area (Å²) in [7, 11) is 1.87. The van der Waals surface area contributed by atoms with Crippen LogP contribution >= 0.6 is 0 Å². The first-order valence-corrected chi connectivity index (χ1v) is 10.4. The van der Waals surface area contributed by atoms with Crippen molar-refractivity contribution in [3.8, 4) is 0 Å². The molecule has 2 heterocycles. The van der Waals surface area contributed by atoms with Crippen molar-refractivity contribution in [3.05, 3.63) is 35.6 Å². The van der Waals surface area contributed by atoms with Crippen molar-refractivity contribution in [2.24, 2.45) is 11.8 Å². The highest BCUT2D eigenvalue weighted by molar-refractivity contribution is 5.83. The Morgan fingerprint density at radius 3 is 2.82 bits per heavy atom. The number of carbonyl (C=O) groups is 2. The molecule has 1 atom stereocenters. The van der Waals surface area contributed by atoms with Crippen molar-refractivity contribution >= 4 is 11.8 Å². The Bertz CT molecular complexity index is 676. The van der Waals surface area contributed by atoms with Crippen LogP contribution in [-0.4, -0.2) is 61.5 Å². The molecule has 2 saturated heterocycles. The predicted molar refractivity (Wildman–Crippen MR) is 105 cm³/mol. The van der Waals surface area contributed by atoms with Crippen LogP contribution in [0.2, 0.25) is 0 Å². The molecule has 6 heteroatoms. The topological polar surface area (TPSA) is 49.9 Å². The Hall–Kier alpha value is -1.95. The standard InChI is InChI=1S/C22H31FN2O3/c1-24(11-7-17-9-13-28-14-10-17)22(27)19-5-6-21(26)25(16-19)12-8-18-3-2-4-20(23)15-18/h2-4,15,17,19H,5-14,16H2,1H3/t19-/m1/s1. The van der Waals surface area contributed by atoms with Crippen LogP contribution in [0.4, 0.5) is 4.39 Å². The number of benzene rings is 1. The van der Waals surface area contributed by atoms with Crippen molar-refractivity contribution in [1.29, 1.82) is 0 Å². The molecule has 2 aliphatic rings. The Morgan fingerprint density at radius 1 is 1.29 bits per heavy atom. The van der Waals surface area contributed by atoms with Gasteiger partial charge in [-0.25, -0.2) is 4.39 Å². The summed E-state index contributed by atoms with van der Waals surface area (Å²) in [5.41, 5.74) is 0.870. The zero-order chi connectivity index (χ0) is 19.9. The van der Waals surface area contributed by atoms with Crippen LogP contribution in [0.5, 0.6) is 0 Å². The zero-order valence-electron chi connectivity index (χ0n) is 16.7. The Labute approximate surface area is 166 Å². The van der Waals surface area contributed by atoms with Crippen molar-refractivity contribution in [1.82, 2.24) is 9.80 Å². The minimum Gasteiger partial charge on any atom is -0.381 e. The third kappa shape index (κ3) is 5.77. The van der Waals surface area contributed by atoms with Gasteiger partial charge >= 0.3 is 0 Å². The maximum atomic E-state index is 13.3. The number of carbonyl (C=O) groups excluding carboxylic acids is 2. The molecule has 0 saturated carbocycles. The first-order chi connectivity index (χ1) is 13.5. The number of piperidine rings is 1. The van der Waals surface area contributed by atoms with Crippen LogP contribution in [0.15, 0.2) is 24.3 Å². The van der Waals surface area contributed by atoms with Gasteiger partial charge in [0.15, 0.2) is 0 Å². The fourth-order valence-electron chi connectivity index (χ4n) is 4.12. The summed E-state index contributed by atoms with van der Waals surface area (Å²) in [5, 5.41) is 0. The largest absolute Gasteiger partial charge is 0.381 e. The van der Waals surface area contributed by atoms with E-state index in [1.54, 1.807) is 11.0 Å². The molecule has 0 N–H and O–H groups in total. The fraction of sp³-hybridized carbons (Fsp3) is 0.636. The second-order valence-electron chi connectivity index (χ2n) is 8.06. The number of amides is 2. The number of likely N-dealkylation sites (tertiary alicyclic amines) is 1. The van der Waals surface area contributed by atoms with Gasteiger partial charge in [0, 0.05) is 46.3 Å². The van der Waals surface area contributed by atoms with Crippen LogP contribution in [0.1, 0.15) is 37.7 Å². The molecule has 0 aliphatic carbocycles. The maximum absolute atomic E-state index is 13.3. The van der Waals surface area contributed by atoms with E-state index >= 15 is 0 Å². The van der Waals surface area contributed by atoms with E-state index in [2.05, 4.69) is 0 Å². The first kappa shape index (κ1) is 20.8. The SMILES string of the molecule is CN(CCC1CCOCC1)C(=O)[C@@H]1CCC(=O)N(CCc2cccc(F)c2)C1. The second kappa shape index (κ2) is 10.0. The lowest BCUT2D eigenvalue weighted by Crippen LogP contribution is -2.47. The first-order valence-electron chi connectivity index (χ1n) is 10.4. The summed E-state index contributed by atoms with van der Waals surface area (Å²) in [6.07, 6.45) is 4.80. The number of hydrogen-bond acceptors (Lipinski definition) is 3. The minimum atomic E-state index is -0.262. The van der Waals surface area contributed by atoms with E-state index in [4.69, 9.17) is 4.74 Å². The predicted octanol–water partition coefficient (Wildman–Crippen LogP) is 2.88. The Morgan fingerprint density at radius 2 is 2.07 bits per heavy atom. The lowest BCUT2D eigenvalue weighted by atomic mass is 9.94. The van der Waals surface area contributed by atoms with Gasteiger partial charge in [0.2, 0.25) is 11.8 Å². The number of nitrogens with zero attached hydrogens (tertiary/aromatic N) is 2. The Kier molecular flexibility index (Phi) is 7.43. The van der Waals surface area contributed by atoms with Gasteiger partial charge in [-0.3, -0.25) is 9.59 Å². The van der Waals surface area contributed by atoms with Gasteiger partial charge in [-0.15, -0.1) is 0 Å². The van der Waals surface area contributed by atoms with E-state index in [0.29, 0.717) is 38.3 Å². The van der Waals surface area contributed by atoms with Gasteiger partial charge in [0.1, 0.15) is 5.82 Å². The highest BCUT2D eigenvalue weighted by Gasteiger charge is 2.31. The normalized spacial score (nSPS) is 21.0. The molecule has 1 aromatic carbocycles. The van der Waals surface area contributed by atoms with Crippen LogP contribution in [0, 0.1) is 17.7 Å². The van der Waals surface area contributed by atoms with Crippen molar-refractivity contribution in [2.45, 2.75) is 38.5 Å². The van der Waals surface area contributed by atoms with Crippen molar-refractivity contribution in [2.75, 3.05) is 39.9 Å². The molecular weight excluding hydrogens is 359 g/mol. The van der Waals surface area contributed by atoms with Crippen LogP contribution in [0.3, 0.4) is 0 Å². The number of rotatable bonds is 7. The molecule has 0 spiro atoms. The van der Waals surface area contributed by atoms with E-state index in [9.17, 15) is 14.0 Å². The molecule has 154 valence electrons. The quantitative estimate of drug-likeness (QED) is 0.719. The van der Waals surface area contributed by atoms with E-state index < -0.39 is 0 Å². The fourth-order valence-corrected chi connectivity index (χ4v) is 4.12. The van der Waals surface area contributed by atoms with E-state index in [0.717, 1.165) is 44.6 Å². The average Bonchev–Trinajstić information content (AvgIpc) is 2.71. The van der Waals surface area contributed by atoms with E-state index in [1.165, 1.54) is 12.1 Å². The molecule has 28 heavy (non-hydrogen) atoms. The van der Waals surface area contributed by atoms with Gasteiger partial charge in [-0.05, 0) is 55.7 Å². The molecule has 2 amide bonds. The number of ether oxygens (including phenoxy) is 1. The van der Waals surface area contributed by atoms with Crippen molar-refractivity contribution in [3.63, 3.8) is 0 Å². The van der Waals surface area contributed by atoms with Crippen molar-refractivity contribution < 1.29 is 18.7 Å². The van der Waals surface area contributed by atoms with Gasteiger partial charge in [0.25, 0.3) is 0 Å². The molecule has 2 aliphatic heterocycles. The highest BCUT2D eigenvalue weighted by Crippen LogP contribution is 2.22. The van der Waals surface area contributed by atoms with Gasteiger partial charge in [0.05, 0.1) is 5.92 Å². The molecule has 0 radical (unpaired) electrons. The molecule has 3 rings (SSSR count). The summed E-state index contributed by atoms with van der Waals surface area (Å²) in [5.74, 6) is 0.465.